The molecule has 3 N–H and O–H groups in total. The molecule has 0 spiro atoms. The van der Waals surface area contributed by atoms with E-state index < -0.39 is 22.0 Å². The Morgan fingerprint density at radius 2 is 1.56 bits per heavy atom. The summed E-state index contributed by atoms with van der Waals surface area (Å²) in [6.45, 7) is 5.35. The maximum atomic E-state index is 13.4. The molecule has 0 bridgehead atoms. The van der Waals surface area contributed by atoms with Crippen molar-refractivity contribution in [3.05, 3.63) is 135 Å². The van der Waals surface area contributed by atoms with Gasteiger partial charge in [-0.15, -0.1) is 11.8 Å². The van der Waals surface area contributed by atoms with Gasteiger partial charge in [-0.25, -0.2) is 0 Å². The molecule has 0 fully saturated rings. The predicted molar refractivity (Wildman–Crippen MR) is 170 cm³/mol. The quantitative estimate of drug-likeness (QED) is 0.0807. The maximum Gasteiger partial charge on any atom is 0.272 e. The zero-order valence-corrected chi connectivity index (χ0v) is 24.6. The Morgan fingerprint density at radius 1 is 0.837 bits per heavy atom. The standard InChI is InChI=1S/C33H30N4O5S/c1-21-10-7-8-13-25(21)19-30(36-32(39)24-11-5-4-6-12-24)33(40)34-26-14-9-15-28(20-26)43-23(3)31(38)35-29-17-16-27(37(41)42)18-22(29)2/h4-20,23H,1-3H3,(H,34,40)(H,35,38)(H,36,39)/b30-19-. The van der Waals surface area contributed by atoms with E-state index in [0.29, 0.717) is 22.5 Å². The lowest BCUT2D eigenvalue weighted by Gasteiger charge is -2.15. The topological polar surface area (TPSA) is 130 Å². The van der Waals surface area contributed by atoms with E-state index in [1.165, 1.54) is 30.0 Å². The fourth-order valence-corrected chi connectivity index (χ4v) is 5.01. The second-order valence-electron chi connectivity index (χ2n) is 9.72. The second kappa shape index (κ2) is 14.1. The van der Waals surface area contributed by atoms with Crippen molar-refractivity contribution in [3.8, 4) is 0 Å². The number of rotatable bonds is 10. The highest BCUT2D eigenvalue weighted by Crippen LogP contribution is 2.28. The molecule has 3 amide bonds. The zero-order chi connectivity index (χ0) is 30.9. The van der Waals surface area contributed by atoms with Crippen molar-refractivity contribution < 1.29 is 19.3 Å². The summed E-state index contributed by atoms with van der Waals surface area (Å²) in [6.07, 6.45) is 1.64. The number of nitro groups is 1. The van der Waals surface area contributed by atoms with Crippen molar-refractivity contribution >= 4 is 52.6 Å². The fourth-order valence-electron chi connectivity index (χ4n) is 4.09. The van der Waals surface area contributed by atoms with Gasteiger partial charge >= 0.3 is 0 Å². The molecular weight excluding hydrogens is 564 g/mol. The van der Waals surface area contributed by atoms with Crippen molar-refractivity contribution in [2.45, 2.75) is 30.9 Å². The van der Waals surface area contributed by atoms with Gasteiger partial charge in [-0.3, -0.25) is 24.5 Å². The molecule has 4 rings (SSSR count). The number of hydrogen-bond acceptors (Lipinski definition) is 6. The highest BCUT2D eigenvalue weighted by molar-refractivity contribution is 8.00. The van der Waals surface area contributed by atoms with E-state index in [0.717, 1.165) is 16.0 Å². The molecular formula is C33H30N4O5S. The van der Waals surface area contributed by atoms with Gasteiger partial charge in [0.05, 0.1) is 10.2 Å². The maximum absolute atomic E-state index is 13.4. The lowest BCUT2D eigenvalue weighted by molar-refractivity contribution is -0.384. The normalized spacial score (nSPS) is 11.7. The van der Waals surface area contributed by atoms with Crippen LogP contribution in [0.1, 0.15) is 34.0 Å². The number of carbonyl (C=O) groups is 3. The van der Waals surface area contributed by atoms with Crippen LogP contribution >= 0.6 is 11.8 Å². The molecule has 1 unspecified atom stereocenters. The van der Waals surface area contributed by atoms with Gasteiger partial charge in [0.1, 0.15) is 5.70 Å². The van der Waals surface area contributed by atoms with E-state index in [1.807, 2.05) is 37.3 Å². The smallest absolute Gasteiger partial charge is 0.272 e. The van der Waals surface area contributed by atoms with Crippen LogP contribution in [0.25, 0.3) is 6.08 Å². The summed E-state index contributed by atoms with van der Waals surface area (Å²) in [5.74, 6) is -1.19. The van der Waals surface area contributed by atoms with Crippen molar-refractivity contribution in [3.63, 3.8) is 0 Å². The average molecular weight is 595 g/mol. The van der Waals surface area contributed by atoms with E-state index in [9.17, 15) is 24.5 Å². The van der Waals surface area contributed by atoms with E-state index in [1.54, 1.807) is 68.5 Å². The van der Waals surface area contributed by atoms with Crippen LogP contribution in [0.15, 0.2) is 108 Å². The molecule has 0 saturated carbocycles. The van der Waals surface area contributed by atoms with Crippen molar-refractivity contribution in [1.82, 2.24) is 5.32 Å². The first-order valence-corrected chi connectivity index (χ1v) is 14.3. The largest absolute Gasteiger partial charge is 0.325 e. The molecule has 218 valence electrons. The Balaban J connectivity index is 1.47. The molecule has 0 aliphatic heterocycles. The van der Waals surface area contributed by atoms with Gasteiger partial charge in [0.15, 0.2) is 0 Å². The summed E-state index contributed by atoms with van der Waals surface area (Å²) in [4.78, 5) is 50.5. The lowest BCUT2D eigenvalue weighted by atomic mass is 10.1. The Labute approximate surface area is 253 Å². The van der Waals surface area contributed by atoms with Crippen LogP contribution in [-0.4, -0.2) is 27.9 Å². The average Bonchev–Trinajstić information content (AvgIpc) is 2.99. The number of amides is 3. The summed E-state index contributed by atoms with van der Waals surface area (Å²) >= 11 is 1.29. The number of non-ortho nitro benzene ring substituents is 1. The number of nitrogens with zero attached hydrogens (tertiary/aromatic N) is 1. The SMILES string of the molecule is Cc1ccccc1/C=C(\NC(=O)c1ccccc1)C(=O)Nc1cccc(SC(C)C(=O)Nc2ccc([N+](=O)[O-])cc2C)c1. The van der Waals surface area contributed by atoms with Crippen LogP contribution in [0.4, 0.5) is 17.1 Å². The Morgan fingerprint density at radius 3 is 2.26 bits per heavy atom. The highest BCUT2D eigenvalue weighted by Gasteiger charge is 2.19. The molecule has 0 aliphatic rings. The molecule has 43 heavy (non-hydrogen) atoms. The lowest BCUT2D eigenvalue weighted by Crippen LogP contribution is -2.30. The van der Waals surface area contributed by atoms with Gasteiger partial charge in [-0.1, -0.05) is 48.5 Å². The molecule has 10 heteroatoms. The van der Waals surface area contributed by atoms with Crippen LogP contribution in [0.2, 0.25) is 0 Å². The minimum absolute atomic E-state index is 0.0479. The number of carbonyl (C=O) groups excluding carboxylic acids is 3. The third-order valence-corrected chi connectivity index (χ3v) is 7.56. The number of nitro benzene ring substituents is 1. The number of thioether (sulfide) groups is 1. The number of benzene rings is 4. The molecule has 4 aromatic carbocycles. The second-order valence-corrected chi connectivity index (χ2v) is 11.1. The fraction of sp³-hybridized carbons (Fsp3) is 0.121. The van der Waals surface area contributed by atoms with E-state index in [2.05, 4.69) is 16.0 Å². The molecule has 1 atom stereocenters. The predicted octanol–water partition coefficient (Wildman–Crippen LogP) is 6.74. The molecule has 9 nitrogen and oxygen atoms in total. The van der Waals surface area contributed by atoms with Crippen molar-refractivity contribution in [1.29, 1.82) is 0 Å². The summed E-state index contributed by atoms with van der Waals surface area (Å²) < 4.78 is 0. The van der Waals surface area contributed by atoms with Crippen LogP contribution in [0.3, 0.4) is 0 Å². The molecule has 0 radical (unpaired) electrons. The number of hydrogen-bond donors (Lipinski definition) is 3. The minimum Gasteiger partial charge on any atom is -0.325 e. The van der Waals surface area contributed by atoms with Crippen LogP contribution in [0.5, 0.6) is 0 Å². The van der Waals surface area contributed by atoms with Crippen LogP contribution < -0.4 is 16.0 Å². The van der Waals surface area contributed by atoms with E-state index in [-0.39, 0.29) is 17.3 Å². The Hall–Kier alpha value is -5.22. The third kappa shape index (κ3) is 8.40. The van der Waals surface area contributed by atoms with Crippen molar-refractivity contribution in [2.75, 3.05) is 10.6 Å². The van der Waals surface area contributed by atoms with Gasteiger partial charge in [0.2, 0.25) is 5.91 Å². The Bertz CT molecular complexity index is 1700. The molecule has 0 heterocycles. The zero-order valence-electron chi connectivity index (χ0n) is 23.8. The molecule has 0 aliphatic carbocycles. The van der Waals surface area contributed by atoms with Crippen molar-refractivity contribution in [2.24, 2.45) is 0 Å². The number of aryl methyl sites for hydroxylation is 2. The highest BCUT2D eigenvalue weighted by atomic mass is 32.2. The van der Waals surface area contributed by atoms with Gasteiger partial charge < -0.3 is 16.0 Å². The van der Waals surface area contributed by atoms with Crippen LogP contribution in [0, 0.1) is 24.0 Å². The third-order valence-electron chi connectivity index (χ3n) is 6.47. The van der Waals surface area contributed by atoms with Gasteiger partial charge in [-0.05, 0) is 79.9 Å². The Kier molecular flexibility index (Phi) is 10.1. The van der Waals surface area contributed by atoms with Crippen LogP contribution in [-0.2, 0) is 9.59 Å². The minimum atomic E-state index is -0.512. The summed E-state index contributed by atoms with van der Waals surface area (Å²) in [7, 11) is 0. The summed E-state index contributed by atoms with van der Waals surface area (Å²) in [6, 6.07) is 27.5. The summed E-state index contributed by atoms with van der Waals surface area (Å²) in [5, 5.41) is 18.9. The summed E-state index contributed by atoms with van der Waals surface area (Å²) in [5.41, 5.74) is 3.73. The molecule has 0 aromatic heterocycles. The van der Waals surface area contributed by atoms with E-state index in [4.69, 9.17) is 0 Å². The number of anilines is 2. The first-order chi connectivity index (χ1) is 20.6. The van der Waals surface area contributed by atoms with E-state index >= 15 is 0 Å². The first-order valence-electron chi connectivity index (χ1n) is 13.4. The number of nitrogens with one attached hydrogen (secondary N) is 3. The first kappa shape index (κ1) is 30.7. The van der Waals surface area contributed by atoms with Gasteiger partial charge in [-0.2, -0.15) is 0 Å². The monoisotopic (exact) mass is 594 g/mol. The molecule has 0 saturated heterocycles. The van der Waals surface area contributed by atoms with Gasteiger partial charge in [0, 0.05) is 34.0 Å². The molecule has 4 aromatic rings. The van der Waals surface area contributed by atoms with Gasteiger partial charge in [0.25, 0.3) is 17.5 Å².